The molecule has 0 spiro atoms. The molecule has 7 heteroatoms. The number of anilines is 1. The summed E-state index contributed by atoms with van der Waals surface area (Å²) in [5.74, 6) is -0.515. The Kier molecular flexibility index (Phi) is 4.98. The maximum absolute atomic E-state index is 11.3. The summed E-state index contributed by atoms with van der Waals surface area (Å²) in [5, 5.41) is 16.9. The highest BCUT2D eigenvalue weighted by Gasteiger charge is 2.21. The van der Waals surface area contributed by atoms with Crippen LogP contribution in [0.3, 0.4) is 0 Å². The smallest absolute Gasteiger partial charge is 0.358 e. The molecule has 118 valence electrons. The fourth-order valence-electron chi connectivity index (χ4n) is 2.15. The highest BCUT2D eigenvalue weighted by molar-refractivity contribution is 5.93. The predicted octanol–water partition coefficient (Wildman–Crippen LogP) is 2.42. The van der Waals surface area contributed by atoms with Gasteiger partial charge in [0.05, 0.1) is 12.3 Å². The van der Waals surface area contributed by atoms with Gasteiger partial charge in [0.2, 0.25) is 0 Å². The molecule has 0 amide bonds. The van der Waals surface area contributed by atoms with Gasteiger partial charge >= 0.3 is 5.97 Å². The number of ether oxygens (including phenoxy) is 1. The van der Waals surface area contributed by atoms with E-state index in [9.17, 15) is 9.90 Å². The average molecular weight is 304 g/mol. The minimum Gasteiger partial charge on any atom is -0.491 e. The van der Waals surface area contributed by atoms with E-state index in [0.717, 1.165) is 12.8 Å². The third kappa shape index (κ3) is 3.19. The summed E-state index contributed by atoms with van der Waals surface area (Å²) in [7, 11) is 0. The topological polar surface area (TPSA) is 103 Å². The number of carboxylic acids is 1. The Labute approximate surface area is 128 Å². The lowest BCUT2D eigenvalue weighted by Crippen LogP contribution is -2.05. The van der Waals surface area contributed by atoms with Crippen molar-refractivity contribution in [3.05, 3.63) is 23.9 Å². The van der Waals surface area contributed by atoms with Gasteiger partial charge in [0.15, 0.2) is 5.69 Å². The van der Waals surface area contributed by atoms with E-state index in [4.69, 9.17) is 10.5 Å². The van der Waals surface area contributed by atoms with Crippen molar-refractivity contribution in [3.8, 4) is 17.0 Å². The van der Waals surface area contributed by atoms with Gasteiger partial charge in [-0.1, -0.05) is 19.1 Å². The Bertz CT molecular complexity index is 667. The molecule has 0 atom stereocenters. The summed E-state index contributed by atoms with van der Waals surface area (Å²) < 4.78 is 7.12. The molecule has 0 aliphatic rings. The third-order valence-corrected chi connectivity index (χ3v) is 3.12. The van der Waals surface area contributed by atoms with Gasteiger partial charge in [-0.2, -0.15) is 0 Å². The number of carboxylic acid groups (broad SMARTS) is 1. The highest BCUT2D eigenvalue weighted by atomic mass is 16.5. The summed E-state index contributed by atoms with van der Waals surface area (Å²) in [5.41, 5.74) is 7.51. The first-order chi connectivity index (χ1) is 10.6. The SMILES string of the molecule is CCCOc1ccc(-c2c(C(=O)O)nnn2CCC)cc1N. The molecule has 0 radical (unpaired) electrons. The van der Waals surface area contributed by atoms with Crippen LogP contribution in [0, 0.1) is 0 Å². The number of carbonyl (C=O) groups is 1. The van der Waals surface area contributed by atoms with Crippen LogP contribution in [0.1, 0.15) is 37.2 Å². The Morgan fingerprint density at radius 3 is 2.73 bits per heavy atom. The number of aromatic nitrogens is 3. The molecule has 3 N–H and O–H groups in total. The van der Waals surface area contributed by atoms with Crippen molar-refractivity contribution in [3.63, 3.8) is 0 Å². The fraction of sp³-hybridized carbons (Fsp3) is 0.400. The third-order valence-electron chi connectivity index (χ3n) is 3.12. The van der Waals surface area contributed by atoms with Crippen LogP contribution >= 0.6 is 0 Å². The van der Waals surface area contributed by atoms with Crippen molar-refractivity contribution in [2.75, 3.05) is 12.3 Å². The van der Waals surface area contributed by atoms with Gasteiger partial charge in [0, 0.05) is 12.1 Å². The van der Waals surface area contributed by atoms with E-state index in [1.165, 1.54) is 0 Å². The molecule has 1 heterocycles. The lowest BCUT2D eigenvalue weighted by atomic mass is 10.1. The molecule has 2 rings (SSSR count). The van der Waals surface area contributed by atoms with Crippen LogP contribution in [0.15, 0.2) is 18.2 Å². The minimum atomic E-state index is -1.11. The first-order valence-electron chi connectivity index (χ1n) is 7.27. The Morgan fingerprint density at radius 1 is 1.36 bits per heavy atom. The molecule has 1 aromatic heterocycles. The van der Waals surface area contributed by atoms with E-state index in [-0.39, 0.29) is 5.69 Å². The van der Waals surface area contributed by atoms with Gasteiger partial charge in [0.1, 0.15) is 11.4 Å². The van der Waals surface area contributed by atoms with Crippen LogP contribution in [0.25, 0.3) is 11.3 Å². The number of rotatable bonds is 7. The lowest BCUT2D eigenvalue weighted by molar-refractivity contribution is 0.0691. The number of hydrogen-bond donors (Lipinski definition) is 2. The summed E-state index contributed by atoms with van der Waals surface area (Å²) >= 11 is 0. The predicted molar refractivity (Wildman–Crippen MR) is 82.9 cm³/mol. The average Bonchev–Trinajstić information content (AvgIpc) is 2.90. The lowest BCUT2D eigenvalue weighted by Gasteiger charge is -2.11. The molecule has 0 aliphatic heterocycles. The van der Waals surface area contributed by atoms with Crippen molar-refractivity contribution >= 4 is 11.7 Å². The van der Waals surface area contributed by atoms with Crippen molar-refractivity contribution in [1.29, 1.82) is 0 Å². The summed E-state index contributed by atoms with van der Waals surface area (Å²) in [4.78, 5) is 11.3. The normalized spacial score (nSPS) is 10.6. The molecule has 0 bridgehead atoms. The van der Waals surface area contributed by atoms with Gasteiger partial charge in [-0.3, -0.25) is 0 Å². The molecule has 0 saturated heterocycles. The zero-order valence-corrected chi connectivity index (χ0v) is 12.7. The molecule has 0 unspecified atom stereocenters. The molecule has 0 aliphatic carbocycles. The summed E-state index contributed by atoms with van der Waals surface area (Å²) in [6.07, 6.45) is 1.71. The molecule has 7 nitrogen and oxygen atoms in total. The number of nitrogens with two attached hydrogens (primary N) is 1. The quantitative estimate of drug-likeness (QED) is 0.761. The second kappa shape index (κ2) is 6.93. The first-order valence-corrected chi connectivity index (χ1v) is 7.27. The van der Waals surface area contributed by atoms with Crippen molar-refractivity contribution in [2.24, 2.45) is 0 Å². The van der Waals surface area contributed by atoms with E-state index in [1.54, 1.807) is 22.9 Å². The van der Waals surface area contributed by atoms with Crippen molar-refractivity contribution in [2.45, 2.75) is 33.2 Å². The van der Waals surface area contributed by atoms with Crippen LogP contribution in [0.4, 0.5) is 5.69 Å². The second-order valence-electron chi connectivity index (χ2n) is 4.92. The number of nitrogens with zero attached hydrogens (tertiary/aromatic N) is 3. The number of nitrogen functional groups attached to an aromatic ring is 1. The number of benzene rings is 1. The molecular weight excluding hydrogens is 284 g/mol. The maximum atomic E-state index is 11.3. The zero-order valence-electron chi connectivity index (χ0n) is 12.7. The first kappa shape index (κ1) is 15.8. The molecular formula is C15H20N4O3. The molecule has 0 fully saturated rings. The zero-order chi connectivity index (χ0) is 16.1. The molecule has 0 saturated carbocycles. The van der Waals surface area contributed by atoms with Crippen LogP contribution in [0.5, 0.6) is 5.75 Å². The van der Waals surface area contributed by atoms with E-state index in [0.29, 0.717) is 35.8 Å². The largest absolute Gasteiger partial charge is 0.491 e. The van der Waals surface area contributed by atoms with Crippen molar-refractivity contribution in [1.82, 2.24) is 15.0 Å². The van der Waals surface area contributed by atoms with Crippen LogP contribution < -0.4 is 10.5 Å². The Hall–Kier alpha value is -2.57. The number of aromatic carboxylic acids is 1. The summed E-state index contributed by atoms with van der Waals surface area (Å²) in [6, 6.07) is 5.22. The highest BCUT2D eigenvalue weighted by Crippen LogP contribution is 2.30. The molecule has 2 aromatic rings. The van der Waals surface area contributed by atoms with Gasteiger partial charge in [-0.15, -0.1) is 5.10 Å². The van der Waals surface area contributed by atoms with Crippen molar-refractivity contribution < 1.29 is 14.6 Å². The Balaban J connectivity index is 2.44. The van der Waals surface area contributed by atoms with Gasteiger partial charge in [-0.05, 0) is 31.0 Å². The van der Waals surface area contributed by atoms with E-state index in [2.05, 4.69) is 10.3 Å². The molecule has 1 aromatic carbocycles. The van der Waals surface area contributed by atoms with Crippen LogP contribution in [-0.2, 0) is 6.54 Å². The maximum Gasteiger partial charge on any atom is 0.358 e. The van der Waals surface area contributed by atoms with Gasteiger partial charge < -0.3 is 15.6 Å². The number of aryl methyl sites for hydroxylation is 1. The second-order valence-corrected chi connectivity index (χ2v) is 4.92. The standard InChI is InChI=1S/C15H20N4O3/c1-3-7-19-14(13(15(20)21)17-18-19)10-5-6-12(11(16)9-10)22-8-4-2/h5-6,9H,3-4,7-8,16H2,1-2H3,(H,20,21). The minimum absolute atomic E-state index is 0.0740. The van der Waals surface area contributed by atoms with Gasteiger partial charge in [-0.25, -0.2) is 9.48 Å². The Morgan fingerprint density at radius 2 is 2.14 bits per heavy atom. The molecule has 22 heavy (non-hydrogen) atoms. The number of hydrogen-bond acceptors (Lipinski definition) is 5. The summed E-state index contributed by atoms with van der Waals surface area (Å²) in [6.45, 7) is 5.17. The monoisotopic (exact) mass is 304 g/mol. The van der Waals surface area contributed by atoms with Gasteiger partial charge in [0.25, 0.3) is 0 Å². The van der Waals surface area contributed by atoms with E-state index in [1.807, 2.05) is 13.8 Å². The van der Waals surface area contributed by atoms with Crippen LogP contribution in [0.2, 0.25) is 0 Å². The van der Waals surface area contributed by atoms with E-state index < -0.39 is 5.97 Å². The van der Waals surface area contributed by atoms with E-state index >= 15 is 0 Å². The fourth-order valence-corrected chi connectivity index (χ4v) is 2.15. The van der Waals surface area contributed by atoms with Crippen LogP contribution in [-0.4, -0.2) is 32.7 Å².